The first kappa shape index (κ1) is 15.3. The van der Waals surface area contributed by atoms with Crippen LogP contribution in [0.25, 0.3) is 11.0 Å². The zero-order chi connectivity index (χ0) is 15.9. The van der Waals surface area contributed by atoms with E-state index in [-0.39, 0.29) is 5.91 Å². The largest absolute Gasteiger partial charge is 0.450 e. The normalized spacial score (nSPS) is 11.1. The number of amides is 1. The molecule has 0 fully saturated rings. The molecule has 0 saturated carbocycles. The maximum atomic E-state index is 12.7. The Morgan fingerprint density at radius 1 is 1.27 bits per heavy atom. The third kappa shape index (κ3) is 2.71. The lowest BCUT2D eigenvalue weighted by Gasteiger charge is -2.15. The van der Waals surface area contributed by atoms with Gasteiger partial charge < -0.3 is 9.32 Å². The van der Waals surface area contributed by atoms with Gasteiger partial charge in [-0.15, -0.1) is 11.3 Å². The van der Waals surface area contributed by atoms with Crippen molar-refractivity contribution in [2.45, 2.75) is 20.4 Å². The lowest BCUT2D eigenvalue weighted by atomic mass is 10.1. The van der Waals surface area contributed by atoms with Gasteiger partial charge in [0.05, 0.1) is 10.3 Å². The Hall–Kier alpha value is -1.59. The molecular formula is C17H16BrNO2S. The second kappa shape index (κ2) is 5.89. The van der Waals surface area contributed by atoms with Crippen molar-refractivity contribution in [3.63, 3.8) is 0 Å². The molecule has 0 aliphatic carbocycles. The Kier molecular flexibility index (Phi) is 4.10. The fraction of sp³-hybridized carbons (Fsp3) is 0.235. The average molecular weight is 378 g/mol. The maximum Gasteiger partial charge on any atom is 0.289 e. The van der Waals surface area contributed by atoms with E-state index in [1.807, 2.05) is 44.2 Å². The predicted octanol–water partition coefficient (Wildman–Crippen LogP) is 5.15. The summed E-state index contributed by atoms with van der Waals surface area (Å²) in [6.07, 6.45) is 0. The number of thiophene rings is 1. The fourth-order valence-electron chi connectivity index (χ4n) is 2.50. The molecule has 2 aromatic heterocycles. The number of benzene rings is 1. The second-order valence-electron chi connectivity index (χ2n) is 5.37. The monoisotopic (exact) mass is 377 g/mol. The van der Waals surface area contributed by atoms with Crippen molar-refractivity contribution in [1.82, 2.24) is 4.90 Å². The highest BCUT2D eigenvalue weighted by Crippen LogP contribution is 2.29. The lowest BCUT2D eigenvalue weighted by Crippen LogP contribution is -2.25. The summed E-state index contributed by atoms with van der Waals surface area (Å²) in [5.41, 5.74) is 2.75. The number of carbonyl (C=O) groups excluding carboxylic acids is 1. The zero-order valence-electron chi connectivity index (χ0n) is 12.6. The van der Waals surface area contributed by atoms with Gasteiger partial charge in [-0.25, -0.2) is 0 Å². The first-order chi connectivity index (χ1) is 10.5. The Morgan fingerprint density at radius 3 is 2.68 bits per heavy atom. The highest BCUT2D eigenvalue weighted by Gasteiger charge is 2.22. The van der Waals surface area contributed by atoms with Gasteiger partial charge in [0.15, 0.2) is 5.76 Å². The summed E-state index contributed by atoms with van der Waals surface area (Å²) in [6, 6.07) is 9.99. The van der Waals surface area contributed by atoms with Gasteiger partial charge in [0.25, 0.3) is 5.91 Å². The third-order valence-electron chi connectivity index (χ3n) is 3.72. The molecule has 114 valence electrons. The minimum atomic E-state index is -0.0855. The van der Waals surface area contributed by atoms with Gasteiger partial charge in [0.1, 0.15) is 5.58 Å². The van der Waals surface area contributed by atoms with E-state index in [1.54, 1.807) is 23.3 Å². The molecule has 1 aromatic carbocycles. The first-order valence-electron chi connectivity index (χ1n) is 6.95. The minimum Gasteiger partial charge on any atom is -0.450 e. The Bertz CT molecular complexity index is 850. The predicted molar refractivity (Wildman–Crippen MR) is 93.5 cm³/mol. The highest BCUT2D eigenvalue weighted by molar-refractivity contribution is 9.11. The van der Waals surface area contributed by atoms with E-state index < -0.39 is 0 Å². The molecule has 0 aliphatic heterocycles. The Morgan fingerprint density at radius 2 is 2.05 bits per heavy atom. The van der Waals surface area contributed by atoms with Crippen LogP contribution in [-0.2, 0) is 6.54 Å². The molecule has 0 unspecified atom stereocenters. The van der Waals surface area contributed by atoms with Crippen LogP contribution in [0.3, 0.4) is 0 Å². The van der Waals surface area contributed by atoms with Gasteiger partial charge in [-0.1, -0.05) is 18.2 Å². The molecular weight excluding hydrogens is 362 g/mol. The summed E-state index contributed by atoms with van der Waals surface area (Å²) < 4.78 is 6.93. The van der Waals surface area contributed by atoms with E-state index in [0.717, 1.165) is 30.8 Å². The van der Waals surface area contributed by atoms with Crippen molar-refractivity contribution >= 4 is 44.1 Å². The van der Waals surface area contributed by atoms with Crippen molar-refractivity contribution in [3.05, 3.63) is 55.9 Å². The van der Waals surface area contributed by atoms with Crippen LogP contribution in [0.2, 0.25) is 0 Å². The van der Waals surface area contributed by atoms with Gasteiger partial charge >= 0.3 is 0 Å². The number of rotatable bonds is 3. The molecule has 1 amide bonds. The van der Waals surface area contributed by atoms with Crippen molar-refractivity contribution < 1.29 is 9.21 Å². The third-order valence-corrected chi connectivity index (χ3v) is 5.33. The van der Waals surface area contributed by atoms with Crippen LogP contribution >= 0.6 is 27.3 Å². The Labute approximate surface area is 141 Å². The highest BCUT2D eigenvalue weighted by atomic mass is 79.9. The quantitative estimate of drug-likeness (QED) is 0.632. The molecule has 0 bridgehead atoms. The van der Waals surface area contributed by atoms with Gasteiger partial charge in [0.2, 0.25) is 0 Å². The summed E-state index contributed by atoms with van der Waals surface area (Å²) >= 11 is 5.08. The van der Waals surface area contributed by atoms with Crippen LogP contribution in [0, 0.1) is 13.8 Å². The molecule has 0 N–H and O–H groups in total. The molecule has 3 rings (SSSR count). The lowest BCUT2D eigenvalue weighted by molar-refractivity contribution is 0.0756. The number of fused-ring (bicyclic) bond motifs is 1. The number of para-hydroxylation sites is 1. The average Bonchev–Trinajstić information content (AvgIpc) is 3.04. The van der Waals surface area contributed by atoms with Crippen LogP contribution in [0.5, 0.6) is 0 Å². The van der Waals surface area contributed by atoms with Gasteiger partial charge in [0, 0.05) is 22.9 Å². The van der Waals surface area contributed by atoms with E-state index in [4.69, 9.17) is 4.42 Å². The number of carbonyl (C=O) groups is 1. The van der Waals surface area contributed by atoms with Gasteiger partial charge in [-0.2, -0.15) is 0 Å². The summed E-state index contributed by atoms with van der Waals surface area (Å²) in [6.45, 7) is 4.51. The van der Waals surface area contributed by atoms with E-state index in [0.29, 0.717) is 12.3 Å². The second-order valence-corrected chi connectivity index (χ2v) is 7.92. The number of nitrogens with zero attached hydrogens (tertiary/aromatic N) is 1. The van der Waals surface area contributed by atoms with E-state index in [9.17, 15) is 4.79 Å². The molecule has 0 atom stereocenters. The molecule has 22 heavy (non-hydrogen) atoms. The van der Waals surface area contributed by atoms with Crippen LogP contribution in [0.15, 0.2) is 38.5 Å². The molecule has 3 nitrogen and oxygen atoms in total. The smallest absolute Gasteiger partial charge is 0.289 e. The minimum absolute atomic E-state index is 0.0855. The number of hydrogen-bond acceptors (Lipinski definition) is 3. The van der Waals surface area contributed by atoms with Crippen molar-refractivity contribution in [2.75, 3.05) is 7.05 Å². The summed E-state index contributed by atoms with van der Waals surface area (Å²) in [7, 11) is 1.80. The molecule has 5 heteroatoms. The maximum absolute atomic E-state index is 12.7. The molecule has 0 spiro atoms. The van der Waals surface area contributed by atoms with Gasteiger partial charge in [-0.3, -0.25) is 4.79 Å². The molecule has 2 heterocycles. The molecule has 0 radical (unpaired) electrons. The van der Waals surface area contributed by atoms with E-state index in [1.165, 1.54) is 0 Å². The molecule has 3 aromatic rings. The number of furan rings is 1. The van der Waals surface area contributed by atoms with Crippen LogP contribution in [0.1, 0.15) is 26.6 Å². The van der Waals surface area contributed by atoms with Crippen molar-refractivity contribution in [2.24, 2.45) is 0 Å². The van der Waals surface area contributed by atoms with E-state index >= 15 is 0 Å². The number of hydrogen-bond donors (Lipinski definition) is 0. The van der Waals surface area contributed by atoms with E-state index in [2.05, 4.69) is 15.9 Å². The number of halogens is 1. The van der Waals surface area contributed by atoms with Crippen LogP contribution < -0.4 is 0 Å². The molecule has 0 aliphatic rings. The van der Waals surface area contributed by atoms with Crippen LogP contribution in [-0.4, -0.2) is 17.9 Å². The summed E-state index contributed by atoms with van der Waals surface area (Å²) in [5.74, 6) is 0.347. The standard InChI is InChI=1S/C17H16BrNO2S/c1-10-5-4-6-13-11(2)16(21-15(10)13)17(20)19(3)9-12-7-8-14(18)22-12/h4-8H,9H2,1-3H3. The van der Waals surface area contributed by atoms with Gasteiger partial charge in [-0.05, 0) is 47.5 Å². The number of aryl methyl sites for hydroxylation is 2. The Balaban J connectivity index is 1.91. The molecule has 0 saturated heterocycles. The SMILES string of the molecule is Cc1c(C(=O)N(C)Cc2ccc(Br)s2)oc2c(C)cccc12. The van der Waals surface area contributed by atoms with Crippen LogP contribution in [0.4, 0.5) is 0 Å². The van der Waals surface area contributed by atoms with Crippen molar-refractivity contribution in [3.8, 4) is 0 Å². The summed E-state index contributed by atoms with van der Waals surface area (Å²) in [4.78, 5) is 15.5. The van der Waals surface area contributed by atoms with Crippen molar-refractivity contribution in [1.29, 1.82) is 0 Å². The first-order valence-corrected chi connectivity index (χ1v) is 8.56. The fourth-order valence-corrected chi connectivity index (χ4v) is 4.04. The summed E-state index contributed by atoms with van der Waals surface area (Å²) in [5, 5.41) is 1.01. The topological polar surface area (TPSA) is 33.5 Å². The zero-order valence-corrected chi connectivity index (χ0v) is 15.0.